The Hall–Kier alpha value is -0.540. The van der Waals surface area contributed by atoms with E-state index in [1.807, 2.05) is 24.3 Å². The quantitative estimate of drug-likeness (QED) is 0.624. The number of rotatable bonds is 10. The van der Waals surface area contributed by atoms with Gasteiger partial charge in [0.25, 0.3) is 0 Å². The highest BCUT2D eigenvalue weighted by molar-refractivity contribution is 9.10. The van der Waals surface area contributed by atoms with E-state index in [2.05, 4.69) is 35.1 Å². The van der Waals surface area contributed by atoms with E-state index in [9.17, 15) is 0 Å². The van der Waals surface area contributed by atoms with Gasteiger partial charge in [0.1, 0.15) is 12.4 Å². The van der Waals surface area contributed by atoms with Crippen LogP contribution in [0, 0.1) is 0 Å². The minimum absolute atomic E-state index is 0.586. The average molecular weight is 328 g/mol. The molecule has 0 heterocycles. The fourth-order valence-corrected chi connectivity index (χ4v) is 2.39. The molecule has 0 aliphatic heterocycles. The number of hydrogen-bond acceptors (Lipinski definition) is 2. The van der Waals surface area contributed by atoms with Crippen LogP contribution in [0.5, 0.6) is 5.75 Å². The van der Waals surface area contributed by atoms with E-state index < -0.39 is 0 Å². The molecule has 108 valence electrons. The zero-order valence-electron chi connectivity index (χ0n) is 12.1. The van der Waals surface area contributed by atoms with Crippen molar-refractivity contribution >= 4 is 15.9 Å². The number of nitrogens with one attached hydrogen (secondary N) is 1. The molecule has 0 aliphatic carbocycles. The smallest absolute Gasteiger partial charge is 0.120 e. The maximum absolute atomic E-state index is 5.69. The van der Waals surface area contributed by atoms with Gasteiger partial charge in [-0.1, -0.05) is 54.6 Å². The first-order valence-corrected chi connectivity index (χ1v) is 8.13. The summed E-state index contributed by atoms with van der Waals surface area (Å²) >= 11 is 3.44. The zero-order valence-corrected chi connectivity index (χ0v) is 13.7. The van der Waals surface area contributed by atoms with E-state index in [4.69, 9.17) is 4.74 Å². The molecule has 0 fully saturated rings. The Labute approximate surface area is 126 Å². The van der Waals surface area contributed by atoms with Gasteiger partial charge < -0.3 is 10.1 Å². The number of halogens is 1. The van der Waals surface area contributed by atoms with E-state index in [1.54, 1.807) is 0 Å². The van der Waals surface area contributed by atoms with Crippen LogP contribution in [0.15, 0.2) is 28.7 Å². The lowest BCUT2D eigenvalue weighted by molar-refractivity contribution is 0.304. The number of hydrogen-bond donors (Lipinski definition) is 1. The molecule has 1 aromatic rings. The van der Waals surface area contributed by atoms with Crippen molar-refractivity contribution in [3.05, 3.63) is 28.7 Å². The minimum atomic E-state index is 0.586. The molecule has 0 aromatic heterocycles. The normalized spacial score (nSPS) is 12.4. The summed E-state index contributed by atoms with van der Waals surface area (Å²) in [6.07, 6.45) is 6.61. The first kappa shape index (κ1) is 16.5. The van der Waals surface area contributed by atoms with Gasteiger partial charge in [0.2, 0.25) is 0 Å². The van der Waals surface area contributed by atoms with E-state index in [0.717, 1.165) is 23.4 Å². The predicted octanol–water partition coefficient (Wildman–Crippen LogP) is 4.78. The first-order chi connectivity index (χ1) is 9.22. The van der Waals surface area contributed by atoms with Crippen LogP contribution < -0.4 is 10.1 Å². The largest absolute Gasteiger partial charge is 0.492 e. The van der Waals surface area contributed by atoms with Crippen LogP contribution in [0.1, 0.15) is 46.0 Å². The molecule has 19 heavy (non-hydrogen) atoms. The highest BCUT2D eigenvalue weighted by Gasteiger charge is 2.01. The standard InChI is InChI=1S/C16H26BrNO/c1-3-4-5-6-8-14(2)18-11-12-19-16-10-7-9-15(17)13-16/h7,9-10,13-14,18H,3-6,8,11-12H2,1-2H3. The molecule has 0 bridgehead atoms. The van der Waals surface area contributed by atoms with E-state index in [0.29, 0.717) is 6.04 Å². The summed E-state index contributed by atoms with van der Waals surface area (Å²) in [5, 5.41) is 3.51. The van der Waals surface area contributed by atoms with Crippen LogP contribution in [0.4, 0.5) is 0 Å². The van der Waals surface area contributed by atoms with Crippen LogP contribution in [0.3, 0.4) is 0 Å². The Morgan fingerprint density at radius 2 is 2.11 bits per heavy atom. The van der Waals surface area contributed by atoms with E-state index in [-0.39, 0.29) is 0 Å². The van der Waals surface area contributed by atoms with Crippen molar-refractivity contribution in [1.29, 1.82) is 0 Å². The topological polar surface area (TPSA) is 21.3 Å². The van der Waals surface area contributed by atoms with Crippen molar-refractivity contribution in [1.82, 2.24) is 5.32 Å². The Balaban J connectivity index is 2.03. The van der Waals surface area contributed by atoms with Crippen molar-refractivity contribution in [3.8, 4) is 5.75 Å². The molecular weight excluding hydrogens is 302 g/mol. The zero-order chi connectivity index (χ0) is 13.9. The van der Waals surface area contributed by atoms with Gasteiger partial charge in [-0.3, -0.25) is 0 Å². The van der Waals surface area contributed by atoms with Gasteiger partial charge in [-0.2, -0.15) is 0 Å². The number of unbranched alkanes of at least 4 members (excludes halogenated alkanes) is 3. The molecule has 0 radical (unpaired) electrons. The molecular formula is C16H26BrNO. The molecule has 0 spiro atoms. The molecule has 1 unspecified atom stereocenters. The molecule has 3 heteroatoms. The Bertz CT molecular complexity index is 343. The van der Waals surface area contributed by atoms with Crippen molar-refractivity contribution in [2.45, 2.75) is 52.0 Å². The van der Waals surface area contributed by atoms with Crippen LogP contribution in [-0.4, -0.2) is 19.2 Å². The fourth-order valence-electron chi connectivity index (χ4n) is 2.01. The molecule has 0 saturated heterocycles. The summed E-state index contributed by atoms with van der Waals surface area (Å²) in [5.74, 6) is 0.923. The van der Waals surface area contributed by atoms with Gasteiger partial charge >= 0.3 is 0 Å². The van der Waals surface area contributed by atoms with Crippen LogP contribution in [0.25, 0.3) is 0 Å². The molecule has 0 amide bonds. The third kappa shape index (κ3) is 8.27. The minimum Gasteiger partial charge on any atom is -0.492 e. The lowest BCUT2D eigenvalue weighted by Crippen LogP contribution is -2.30. The van der Waals surface area contributed by atoms with Crippen molar-refractivity contribution < 1.29 is 4.74 Å². The second kappa shape index (κ2) is 10.3. The molecule has 2 nitrogen and oxygen atoms in total. The highest BCUT2D eigenvalue weighted by Crippen LogP contribution is 2.17. The van der Waals surface area contributed by atoms with Gasteiger partial charge in [0.05, 0.1) is 0 Å². The second-order valence-corrected chi connectivity index (χ2v) is 5.93. The number of benzene rings is 1. The van der Waals surface area contributed by atoms with Crippen molar-refractivity contribution in [3.63, 3.8) is 0 Å². The molecule has 1 rings (SSSR count). The fraction of sp³-hybridized carbons (Fsp3) is 0.625. The van der Waals surface area contributed by atoms with E-state index >= 15 is 0 Å². The summed E-state index contributed by atoms with van der Waals surface area (Å²) in [6, 6.07) is 8.56. The van der Waals surface area contributed by atoms with Crippen LogP contribution in [-0.2, 0) is 0 Å². The summed E-state index contributed by atoms with van der Waals surface area (Å²) in [7, 11) is 0. The monoisotopic (exact) mass is 327 g/mol. The third-order valence-corrected chi connectivity index (χ3v) is 3.64. The maximum Gasteiger partial charge on any atom is 0.120 e. The van der Waals surface area contributed by atoms with Gasteiger partial charge in [0, 0.05) is 17.1 Å². The van der Waals surface area contributed by atoms with Gasteiger partial charge in [-0.15, -0.1) is 0 Å². The molecule has 1 atom stereocenters. The number of ether oxygens (including phenoxy) is 1. The molecule has 0 saturated carbocycles. The van der Waals surface area contributed by atoms with Gasteiger partial charge in [-0.05, 0) is 31.5 Å². The van der Waals surface area contributed by atoms with Crippen LogP contribution >= 0.6 is 15.9 Å². The molecule has 1 aromatic carbocycles. The van der Waals surface area contributed by atoms with Gasteiger partial charge in [-0.25, -0.2) is 0 Å². The summed E-state index contributed by atoms with van der Waals surface area (Å²) in [6.45, 7) is 6.13. The van der Waals surface area contributed by atoms with Crippen LogP contribution in [0.2, 0.25) is 0 Å². The summed E-state index contributed by atoms with van der Waals surface area (Å²) in [4.78, 5) is 0. The Morgan fingerprint density at radius 3 is 2.84 bits per heavy atom. The van der Waals surface area contributed by atoms with Crippen molar-refractivity contribution in [2.24, 2.45) is 0 Å². The van der Waals surface area contributed by atoms with Gasteiger partial charge in [0.15, 0.2) is 0 Å². The Morgan fingerprint density at radius 1 is 1.26 bits per heavy atom. The third-order valence-electron chi connectivity index (χ3n) is 3.15. The average Bonchev–Trinajstić information content (AvgIpc) is 2.40. The van der Waals surface area contributed by atoms with E-state index in [1.165, 1.54) is 32.1 Å². The summed E-state index contributed by atoms with van der Waals surface area (Å²) in [5.41, 5.74) is 0. The predicted molar refractivity (Wildman–Crippen MR) is 85.9 cm³/mol. The molecule has 0 aliphatic rings. The lowest BCUT2D eigenvalue weighted by Gasteiger charge is -2.14. The molecule has 1 N–H and O–H groups in total. The maximum atomic E-state index is 5.69. The lowest BCUT2D eigenvalue weighted by atomic mass is 10.1. The van der Waals surface area contributed by atoms with Crippen molar-refractivity contribution in [2.75, 3.05) is 13.2 Å². The highest BCUT2D eigenvalue weighted by atomic mass is 79.9. The first-order valence-electron chi connectivity index (χ1n) is 7.34. The SMILES string of the molecule is CCCCCCC(C)NCCOc1cccc(Br)c1. The Kier molecular flexibility index (Phi) is 8.93. The summed E-state index contributed by atoms with van der Waals surface area (Å²) < 4.78 is 6.75. The second-order valence-electron chi connectivity index (χ2n) is 5.01.